The predicted molar refractivity (Wildman–Crippen MR) is 84.9 cm³/mol. The third kappa shape index (κ3) is 3.70. The van der Waals surface area contributed by atoms with Crippen LogP contribution in [-0.4, -0.2) is 22.4 Å². The summed E-state index contributed by atoms with van der Waals surface area (Å²) in [5, 5.41) is 10.9. The molecule has 0 saturated carbocycles. The van der Waals surface area contributed by atoms with E-state index >= 15 is 0 Å². The molecule has 0 aliphatic rings. The van der Waals surface area contributed by atoms with Gasteiger partial charge in [0, 0.05) is 12.1 Å². The number of alkyl halides is 1. The van der Waals surface area contributed by atoms with Crippen LogP contribution in [0.5, 0.6) is 0 Å². The van der Waals surface area contributed by atoms with Gasteiger partial charge < -0.3 is 5.73 Å². The summed E-state index contributed by atoms with van der Waals surface area (Å²) in [5.41, 5.74) is 4.97. The van der Waals surface area contributed by atoms with Crippen LogP contribution >= 0.6 is 11.6 Å². The SMILES string of the molecule is NC(CCl)=Nc1ccc([N+](=O)[O-])cc1C(=O)c1ccccc1F. The smallest absolute Gasteiger partial charge is 0.270 e. The van der Waals surface area contributed by atoms with Gasteiger partial charge in [0.05, 0.1) is 27.6 Å². The number of halogens is 2. The second kappa shape index (κ2) is 6.97. The Morgan fingerprint density at radius 1 is 1.26 bits per heavy atom. The molecule has 0 spiro atoms. The van der Waals surface area contributed by atoms with Crippen LogP contribution in [0.25, 0.3) is 0 Å². The van der Waals surface area contributed by atoms with E-state index in [-0.39, 0.29) is 34.2 Å². The van der Waals surface area contributed by atoms with Gasteiger partial charge in [0.15, 0.2) is 5.78 Å². The average Bonchev–Trinajstić information content (AvgIpc) is 2.54. The normalized spacial score (nSPS) is 11.3. The number of aliphatic imine (C=N–C) groups is 1. The summed E-state index contributed by atoms with van der Waals surface area (Å²) in [6.45, 7) is 0. The van der Waals surface area contributed by atoms with Crippen LogP contribution < -0.4 is 5.73 Å². The summed E-state index contributed by atoms with van der Waals surface area (Å²) < 4.78 is 13.8. The lowest BCUT2D eigenvalue weighted by Crippen LogP contribution is -2.13. The number of carbonyl (C=O) groups is 1. The third-order valence-electron chi connectivity index (χ3n) is 2.96. The Kier molecular flexibility index (Phi) is 5.02. The molecular formula is C15H11ClFN3O3. The third-order valence-corrected chi connectivity index (χ3v) is 3.23. The van der Waals surface area contributed by atoms with Crippen LogP contribution in [0.3, 0.4) is 0 Å². The highest BCUT2D eigenvalue weighted by molar-refractivity contribution is 6.28. The number of non-ortho nitro benzene ring substituents is 1. The maximum Gasteiger partial charge on any atom is 0.270 e. The second-order valence-electron chi connectivity index (χ2n) is 4.50. The molecule has 0 fully saturated rings. The number of hydrogen-bond acceptors (Lipinski definition) is 4. The molecular weight excluding hydrogens is 325 g/mol. The molecule has 0 aliphatic heterocycles. The van der Waals surface area contributed by atoms with Gasteiger partial charge in [-0.2, -0.15) is 0 Å². The number of ketones is 1. The number of nitro benzene ring substituents is 1. The zero-order chi connectivity index (χ0) is 17.0. The lowest BCUT2D eigenvalue weighted by atomic mass is 10.0. The molecule has 0 aromatic heterocycles. The van der Waals surface area contributed by atoms with Crippen molar-refractivity contribution >= 4 is 34.6 Å². The fourth-order valence-electron chi connectivity index (χ4n) is 1.89. The van der Waals surface area contributed by atoms with Crippen molar-refractivity contribution in [2.24, 2.45) is 10.7 Å². The molecule has 0 unspecified atom stereocenters. The highest BCUT2D eigenvalue weighted by Crippen LogP contribution is 2.27. The summed E-state index contributed by atoms with van der Waals surface area (Å²) in [6.07, 6.45) is 0. The molecule has 0 saturated heterocycles. The van der Waals surface area contributed by atoms with E-state index < -0.39 is 16.5 Å². The topological polar surface area (TPSA) is 98.6 Å². The predicted octanol–water partition coefficient (Wildman–Crippen LogP) is 3.19. The molecule has 6 nitrogen and oxygen atoms in total. The first-order valence-corrected chi connectivity index (χ1v) is 6.94. The zero-order valence-corrected chi connectivity index (χ0v) is 12.5. The Hall–Kier alpha value is -2.80. The molecule has 0 aliphatic carbocycles. The van der Waals surface area contributed by atoms with E-state index in [1.54, 1.807) is 0 Å². The molecule has 2 aromatic rings. The van der Waals surface area contributed by atoms with Crippen LogP contribution in [0, 0.1) is 15.9 Å². The van der Waals surface area contributed by atoms with E-state index in [1.807, 2.05) is 0 Å². The Balaban J connectivity index is 2.62. The molecule has 0 heterocycles. The quantitative estimate of drug-likeness (QED) is 0.226. The number of nitrogens with two attached hydrogens (primary N) is 1. The van der Waals surface area contributed by atoms with Gasteiger partial charge >= 0.3 is 0 Å². The summed E-state index contributed by atoms with van der Waals surface area (Å²) in [6, 6.07) is 8.82. The molecule has 118 valence electrons. The first-order valence-electron chi connectivity index (χ1n) is 6.40. The minimum Gasteiger partial charge on any atom is -0.386 e. The standard InChI is InChI=1S/C15H11ClFN3O3/c16-8-14(18)19-13-6-5-9(20(22)23)7-11(13)15(21)10-3-1-2-4-12(10)17/h1-7H,8H2,(H2,18,19). The molecule has 0 radical (unpaired) electrons. The Bertz CT molecular complexity index is 808. The van der Waals surface area contributed by atoms with Crippen LogP contribution in [0.1, 0.15) is 15.9 Å². The van der Waals surface area contributed by atoms with E-state index in [0.717, 1.165) is 12.1 Å². The highest BCUT2D eigenvalue weighted by atomic mass is 35.5. The van der Waals surface area contributed by atoms with Gasteiger partial charge in [-0.15, -0.1) is 11.6 Å². The maximum atomic E-state index is 13.8. The van der Waals surface area contributed by atoms with E-state index in [4.69, 9.17) is 17.3 Å². The summed E-state index contributed by atoms with van der Waals surface area (Å²) >= 11 is 5.55. The van der Waals surface area contributed by atoms with Crippen LogP contribution in [0.2, 0.25) is 0 Å². The molecule has 2 N–H and O–H groups in total. The lowest BCUT2D eigenvalue weighted by Gasteiger charge is -2.07. The van der Waals surface area contributed by atoms with Crippen molar-refractivity contribution in [1.82, 2.24) is 0 Å². The molecule has 0 bridgehead atoms. The fraction of sp³-hybridized carbons (Fsp3) is 0.0667. The van der Waals surface area contributed by atoms with Crippen molar-refractivity contribution in [2.75, 3.05) is 5.88 Å². The number of nitro groups is 1. The number of hydrogen-bond donors (Lipinski definition) is 1. The minimum absolute atomic E-state index is 0.0307. The minimum atomic E-state index is -0.732. The summed E-state index contributed by atoms with van der Waals surface area (Å²) in [4.78, 5) is 26.7. The van der Waals surface area contributed by atoms with Crippen LogP contribution in [-0.2, 0) is 0 Å². The van der Waals surface area contributed by atoms with Gasteiger partial charge in [-0.3, -0.25) is 14.9 Å². The van der Waals surface area contributed by atoms with Crippen molar-refractivity contribution < 1.29 is 14.1 Å². The van der Waals surface area contributed by atoms with Crippen LogP contribution in [0.15, 0.2) is 47.5 Å². The summed E-state index contributed by atoms with van der Waals surface area (Å²) in [5.74, 6) is -1.51. The fourth-order valence-corrected chi connectivity index (χ4v) is 1.95. The van der Waals surface area contributed by atoms with Gasteiger partial charge in [-0.05, 0) is 18.2 Å². The van der Waals surface area contributed by atoms with Gasteiger partial charge in [-0.1, -0.05) is 12.1 Å². The summed E-state index contributed by atoms with van der Waals surface area (Å²) in [7, 11) is 0. The number of carbonyl (C=O) groups excluding carboxylic acids is 1. The van der Waals surface area contributed by atoms with Crippen LogP contribution in [0.4, 0.5) is 15.8 Å². The van der Waals surface area contributed by atoms with Crippen molar-refractivity contribution in [3.05, 3.63) is 69.5 Å². The first kappa shape index (κ1) is 16.6. The average molecular weight is 336 g/mol. The number of rotatable bonds is 5. The number of amidine groups is 1. The van der Waals surface area contributed by atoms with E-state index in [1.165, 1.54) is 30.3 Å². The van der Waals surface area contributed by atoms with Gasteiger partial charge in [0.25, 0.3) is 5.69 Å². The van der Waals surface area contributed by atoms with Crippen molar-refractivity contribution in [1.29, 1.82) is 0 Å². The Labute approximate surface area is 135 Å². The van der Waals surface area contributed by atoms with E-state index in [9.17, 15) is 19.3 Å². The number of nitrogens with zero attached hydrogens (tertiary/aromatic N) is 2. The lowest BCUT2D eigenvalue weighted by molar-refractivity contribution is -0.384. The molecule has 0 amide bonds. The molecule has 0 atom stereocenters. The Morgan fingerprint density at radius 3 is 2.57 bits per heavy atom. The highest BCUT2D eigenvalue weighted by Gasteiger charge is 2.20. The molecule has 23 heavy (non-hydrogen) atoms. The maximum absolute atomic E-state index is 13.8. The Morgan fingerprint density at radius 2 is 1.96 bits per heavy atom. The zero-order valence-electron chi connectivity index (χ0n) is 11.7. The second-order valence-corrected chi connectivity index (χ2v) is 4.77. The van der Waals surface area contributed by atoms with E-state index in [2.05, 4.69) is 4.99 Å². The van der Waals surface area contributed by atoms with Gasteiger partial charge in [-0.25, -0.2) is 9.38 Å². The molecule has 2 rings (SSSR count). The van der Waals surface area contributed by atoms with Gasteiger partial charge in [0.1, 0.15) is 11.7 Å². The van der Waals surface area contributed by atoms with Crippen molar-refractivity contribution in [3.63, 3.8) is 0 Å². The van der Waals surface area contributed by atoms with Gasteiger partial charge in [0.2, 0.25) is 0 Å². The van der Waals surface area contributed by atoms with Crippen molar-refractivity contribution in [3.8, 4) is 0 Å². The largest absolute Gasteiger partial charge is 0.386 e. The number of benzene rings is 2. The van der Waals surface area contributed by atoms with E-state index in [0.29, 0.717) is 0 Å². The molecule has 2 aromatic carbocycles. The first-order chi connectivity index (χ1) is 10.9. The van der Waals surface area contributed by atoms with Crippen molar-refractivity contribution in [2.45, 2.75) is 0 Å². The molecule has 8 heteroatoms. The monoisotopic (exact) mass is 335 g/mol.